The summed E-state index contributed by atoms with van der Waals surface area (Å²) >= 11 is 0. The van der Waals surface area contributed by atoms with Gasteiger partial charge in [0, 0.05) is 19.2 Å². The average molecular weight is 240 g/mol. The minimum atomic E-state index is 0.0107. The van der Waals surface area contributed by atoms with Gasteiger partial charge < -0.3 is 15.0 Å². The van der Waals surface area contributed by atoms with Crippen LogP contribution in [0.2, 0.25) is 0 Å². The first-order chi connectivity index (χ1) is 8.09. The van der Waals surface area contributed by atoms with Crippen LogP contribution in [0.25, 0.3) is 0 Å². The van der Waals surface area contributed by atoms with Crippen molar-refractivity contribution in [1.82, 2.24) is 10.2 Å². The van der Waals surface area contributed by atoms with E-state index < -0.39 is 0 Å². The van der Waals surface area contributed by atoms with E-state index in [1.165, 1.54) is 0 Å². The summed E-state index contributed by atoms with van der Waals surface area (Å²) < 4.78 is 5.57. The molecule has 0 aliphatic carbocycles. The monoisotopic (exact) mass is 240 g/mol. The van der Waals surface area contributed by atoms with Gasteiger partial charge >= 0.3 is 0 Å². The normalized spacial score (nSPS) is 34.7. The second-order valence-corrected chi connectivity index (χ2v) is 5.48. The van der Waals surface area contributed by atoms with Crippen molar-refractivity contribution in [2.24, 2.45) is 0 Å². The molecule has 2 rings (SSSR count). The zero-order valence-electron chi connectivity index (χ0n) is 11.1. The Bertz CT molecular complexity index is 281. The fraction of sp³-hybridized carbons (Fsp3) is 0.923. The number of amides is 1. The van der Waals surface area contributed by atoms with Crippen molar-refractivity contribution in [3.8, 4) is 0 Å². The van der Waals surface area contributed by atoms with Gasteiger partial charge in [-0.25, -0.2) is 0 Å². The lowest BCUT2D eigenvalue weighted by atomic mass is 9.99. The fourth-order valence-electron chi connectivity index (χ4n) is 2.92. The first-order valence-electron chi connectivity index (χ1n) is 6.77. The van der Waals surface area contributed by atoms with E-state index >= 15 is 0 Å². The third-order valence-electron chi connectivity index (χ3n) is 3.74. The summed E-state index contributed by atoms with van der Waals surface area (Å²) in [5.74, 6) is 0.271. The minimum absolute atomic E-state index is 0.0107. The highest BCUT2D eigenvalue weighted by atomic mass is 16.5. The van der Waals surface area contributed by atoms with E-state index in [1.54, 1.807) is 0 Å². The third kappa shape index (κ3) is 2.80. The Morgan fingerprint density at radius 2 is 2.18 bits per heavy atom. The van der Waals surface area contributed by atoms with Crippen molar-refractivity contribution in [1.29, 1.82) is 0 Å². The summed E-state index contributed by atoms with van der Waals surface area (Å²) in [6, 6.07) is 0.664. The van der Waals surface area contributed by atoms with Crippen molar-refractivity contribution >= 4 is 5.91 Å². The fourth-order valence-corrected chi connectivity index (χ4v) is 2.92. The van der Waals surface area contributed by atoms with Crippen molar-refractivity contribution in [3.63, 3.8) is 0 Å². The topological polar surface area (TPSA) is 41.6 Å². The Labute approximate surface area is 104 Å². The predicted molar refractivity (Wildman–Crippen MR) is 66.8 cm³/mol. The van der Waals surface area contributed by atoms with Gasteiger partial charge in [-0.1, -0.05) is 13.8 Å². The number of hydrogen-bond donors (Lipinski definition) is 1. The molecule has 0 aromatic carbocycles. The van der Waals surface area contributed by atoms with Crippen LogP contribution in [-0.4, -0.2) is 48.2 Å². The summed E-state index contributed by atoms with van der Waals surface area (Å²) in [5.41, 5.74) is 0. The molecule has 0 bridgehead atoms. The van der Waals surface area contributed by atoms with Gasteiger partial charge in [0.15, 0.2) is 0 Å². The van der Waals surface area contributed by atoms with Gasteiger partial charge in [0.05, 0.1) is 18.2 Å². The van der Waals surface area contributed by atoms with Crippen LogP contribution in [0.3, 0.4) is 0 Å². The number of carbonyl (C=O) groups is 1. The molecule has 98 valence electrons. The molecule has 2 saturated heterocycles. The zero-order valence-corrected chi connectivity index (χ0v) is 11.1. The van der Waals surface area contributed by atoms with Gasteiger partial charge in [0.2, 0.25) is 5.91 Å². The first kappa shape index (κ1) is 12.8. The largest absolute Gasteiger partial charge is 0.376 e. The Morgan fingerprint density at radius 3 is 2.76 bits per heavy atom. The minimum Gasteiger partial charge on any atom is -0.376 e. The molecule has 4 heteroatoms. The lowest BCUT2D eigenvalue weighted by molar-refractivity contribution is -0.139. The van der Waals surface area contributed by atoms with E-state index in [-0.39, 0.29) is 18.1 Å². The molecule has 1 N–H and O–H groups in total. The van der Waals surface area contributed by atoms with E-state index in [0.29, 0.717) is 12.1 Å². The molecule has 0 saturated carbocycles. The second-order valence-electron chi connectivity index (χ2n) is 5.48. The highest BCUT2D eigenvalue weighted by Gasteiger charge is 2.37. The van der Waals surface area contributed by atoms with Gasteiger partial charge in [0.25, 0.3) is 0 Å². The molecule has 3 unspecified atom stereocenters. The maximum atomic E-state index is 12.4. The Morgan fingerprint density at radius 1 is 1.41 bits per heavy atom. The summed E-state index contributed by atoms with van der Waals surface area (Å²) in [4.78, 5) is 14.4. The van der Waals surface area contributed by atoms with Crippen molar-refractivity contribution in [2.45, 2.75) is 64.3 Å². The maximum Gasteiger partial charge on any atom is 0.240 e. The molecular weight excluding hydrogens is 216 g/mol. The Hall–Kier alpha value is -0.610. The highest BCUT2D eigenvalue weighted by molar-refractivity contribution is 5.83. The molecule has 2 fully saturated rings. The zero-order chi connectivity index (χ0) is 12.4. The number of likely N-dealkylation sites (tertiary alicyclic amines) is 1. The SMILES string of the molecule is CC(C)NC1CCCN(C2CCOC2C)C1=O. The maximum absolute atomic E-state index is 12.4. The summed E-state index contributed by atoms with van der Waals surface area (Å²) in [6.07, 6.45) is 3.24. The van der Waals surface area contributed by atoms with Crippen LogP contribution < -0.4 is 5.32 Å². The van der Waals surface area contributed by atoms with Crippen molar-refractivity contribution in [2.75, 3.05) is 13.2 Å². The van der Waals surface area contributed by atoms with Gasteiger partial charge in [-0.15, -0.1) is 0 Å². The highest BCUT2D eigenvalue weighted by Crippen LogP contribution is 2.24. The van der Waals surface area contributed by atoms with Crippen LogP contribution >= 0.6 is 0 Å². The summed E-state index contributed by atoms with van der Waals surface area (Å²) in [7, 11) is 0. The van der Waals surface area contributed by atoms with Crippen LogP contribution in [0.4, 0.5) is 0 Å². The summed E-state index contributed by atoms with van der Waals surface area (Å²) in [5, 5.41) is 3.37. The molecule has 2 aliphatic rings. The van der Waals surface area contributed by atoms with E-state index in [2.05, 4.69) is 26.1 Å². The van der Waals surface area contributed by atoms with Crippen LogP contribution in [0.5, 0.6) is 0 Å². The van der Waals surface area contributed by atoms with E-state index in [1.807, 2.05) is 4.90 Å². The smallest absolute Gasteiger partial charge is 0.240 e. The number of carbonyl (C=O) groups excluding carboxylic acids is 1. The number of rotatable bonds is 3. The molecule has 17 heavy (non-hydrogen) atoms. The molecule has 3 atom stereocenters. The number of ether oxygens (including phenoxy) is 1. The Kier molecular flexibility index (Phi) is 4.05. The summed E-state index contributed by atoms with van der Waals surface area (Å²) in [6.45, 7) is 7.94. The molecule has 0 spiro atoms. The quantitative estimate of drug-likeness (QED) is 0.804. The second kappa shape index (κ2) is 5.36. The molecule has 2 heterocycles. The number of nitrogens with one attached hydrogen (secondary N) is 1. The average Bonchev–Trinajstić information content (AvgIpc) is 2.67. The number of piperidine rings is 1. The van der Waals surface area contributed by atoms with Crippen molar-refractivity contribution < 1.29 is 9.53 Å². The standard InChI is InChI=1S/C13H24N2O2/c1-9(2)14-11-5-4-7-15(13(11)16)12-6-8-17-10(12)3/h9-12,14H,4-8H2,1-3H3. The lowest BCUT2D eigenvalue weighted by Crippen LogP contribution is -2.56. The van der Waals surface area contributed by atoms with E-state index in [4.69, 9.17) is 4.74 Å². The number of nitrogens with zero attached hydrogens (tertiary/aromatic N) is 1. The van der Waals surface area contributed by atoms with Crippen LogP contribution in [0.15, 0.2) is 0 Å². The van der Waals surface area contributed by atoms with E-state index in [9.17, 15) is 4.79 Å². The molecule has 0 aromatic rings. The molecule has 2 aliphatic heterocycles. The van der Waals surface area contributed by atoms with Crippen LogP contribution in [0, 0.1) is 0 Å². The molecule has 0 aromatic heterocycles. The molecule has 0 radical (unpaired) electrons. The van der Waals surface area contributed by atoms with Crippen LogP contribution in [-0.2, 0) is 9.53 Å². The predicted octanol–water partition coefficient (Wildman–Crippen LogP) is 1.15. The van der Waals surface area contributed by atoms with Gasteiger partial charge in [-0.05, 0) is 26.2 Å². The van der Waals surface area contributed by atoms with E-state index in [0.717, 1.165) is 32.4 Å². The third-order valence-corrected chi connectivity index (χ3v) is 3.74. The first-order valence-corrected chi connectivity index (χ1v) is 6.77. The molecule has 4 nitrogen and oxygen atoms in total. The molecule has 1 amide bonds. The van der Waals surface area contributed by atoms with Gasteiger partial charge in [-0.3, -0.25) is 4.79 Å². The number of hydrogen-bond acceptors (Lipinski definition) is 3. The van der Waals surface area contributed by atoms with Crippen molar-refractivity contribution in [3.05, 3.63) is 0 Å². The van der Waals surface area contributed by atoms with Crippen LogP contribution in [0.1, 0.15) is 40.0 Å². The van der Waals surface area contributed by atoms with Gasteiger partial charge in [-0.2, -0.15) is 0 Å². The lowest BCUT2D eigenvalue weighted by Gasteiger charge is -2.38. The van der Waals surface area contributed by atoms with Gasteiger partial charge in [0.1, 0.15) is 0 Å². The Balaban J connectivity index is 2.00. The molecular formula is C13H24N2O2.